The minimum Gasteiger partial charge on any atom is -0.497 e. The number of nitrogens with zero attached hydrogens (tertiary/aromatic N) is 1. The molecule has 114 valence electrons. The van der Waals surface area contributed by atoms with E-state index in [2.05, 4.69) is 10.5 Å². The Labute approximate surface area is 127 Å². The molecule has 0 atom stereocenters. The normalized spacial score (nSPS) is 10.5. The molecule has 22 heavy (non-hydrogen) atoms. The molecule has 0 aliphatic carbocycles. The predicted octanol–water partition coefficient (Wildman–Crippen LogP) is 2.61. The first-order valence-electron chi connectivity index (χ1n) is 6.44. The van der Waals surface area contributed by atoms with E-state index >= 15 is 0 Å². The Morgan fingerprint density at radius 3 is 2.41 bits per heavy atom. The molecule has 0 spiro atoms. The van der Waals surface area contributed by atoms with Gasteiger partial charge in [-0.05, 0) is 29.8 Å². The van der Waals surface area contributed by atoms with Gasteiger partial charge in [-0.15, -0.1) is 0 Å². The molecule has 0 saturated carbocycles. The number of methoxy groups -OCH3 is 2. The number of rotatable bonds is 5. The molecule has 0 aromatic heterocycles. The topological polar surface area (TPSA) is 59.9 Å². The summed E-state index contributed by atoms with van der Waals surface area (Å²) in [6.45, 7) is 0. The first kappa shape index (κ1) is 15.5. The van der Waals surface area contributed by atoms with Crippen LogP contribution < -0.4 is 14.9 Å². The van der Waals surface area contributed by atoms with E-state index in [1.807, 2.05) is 0 Å². The Bertz CT molecular complexity index is 679. The van der Waals surface area contributed by atoms with E-state index in [1.165, 1.54) is 32.6 Å². The molecule has 1 N–H and O–H groups in total. The summed E-state index contributed by atoms with van der Waals surface area (Å²) in [4.78, 5) is 12.0. The van der Waals surface area contributed by atoms with Crippen molar-refractivity contribution in [2.75, 3.05) is 14.2 Å². The van der Waals surface area contributed by atoms with Crippen LogP contribution in [0.5, 0.6) is 11.5 Å². The van der Waals surface area contributed by atoms with Gasteiger partial charge in [-0.25, -0.2) is 9.82 Å². The summed E-state index contributed by atoms with van der Waals surface area (Å²) >= 11 is 0. The van der Waals surface area contributed by atoms with Crippen LogP contribution in [-0.2, 0) is 0 Å². The van der Waals surface area contributed by atoms with Gasteiger partial charge in [0.1, 0.15) is 17.3 Å². The van der Waals surface area contributed by atoms with Crippen molar-refractivity contribution in [1.29, 1.82) is 0 Å². The van der Waals surface area contributed by atoms with E-state index in [4.69, 9.17) is 9.47 Å². The quantitative estimate of drug-likeness (QED) is 0.682. The number of hydrogen-bond acceptors (Lipinski definition) is 4. The molecule has 0 aliphatic heterocycles. The number of carbonyl (C=O) groups is 1. The number of hydrazone groups is 1. The van der Waals surface area contributed by atoms with Crippen molar-refractivity contribution >= 4 is 12.1 Å². The third kappa shape index (κ3) is 4.05. The molecule has 0 fully saturated rings. The van der Waals surface area contributed by atoms with Crippen LogP contribution >= 0.6 is 0 Å². The monoisotopic (exact) mass is 302 g/mol. The van der Waals surface area contributed by atoms with E-state index in [0.29, 0.717) is 22.6 Å². The van der Waals surface area contributed by atoms with Crippen LogP contribution in [0, 0.1) is 5.82 Å². The molecule has 0 heterocycles. The zero-order valence-electron chi connectivity index (χ0n) is 12.2. The molecule has 0 bridgehead atoms. The standard InChI is InChI=1S/C16H15FN2O3/c1-21-14-7-12(8-15(9-14)22-2)16(20)19-18-10-11-4-3-5-13(17)6-11/h3-10H,1-2H3,(H,19,20)/b18-10+. The van der Waals surface area contributed by atoms with Crippen LogP contribution in [-0.4, -0.2) is 26.3 Å². The second kappa shape index (κ2) is 7.21. The smallest absolute Gasteiger partial charge is 0.271 e. The number of hydrogen-bond donors (Lipinski definition) is 1. The van der Waals surface area contributed by atoms with Crippen LogP contribution in [0.3, 0.4) is 0 Å². The number of amides is 1. The van der Waals surface area contributed by atoms with E-state index in [-0.39, 0.29) is 5.82 Å². The zero-order chi connectivity index (χ0) is 15.9. The third-order valence-corrected chi connectivity index (χ3v) is 2.84. The summed E-state index contributed by atoms with van der Waals surface area (Å²) < 4.78 is 23.2. The Balaban J connectivity index is 2.09. The van der Waals surface area contributed by atoms with Gasteiger partial charge in [0.15, 0.2) is 0 Å². The molecule has 2 aromatic carbocycles. The number of halogens is 1. The van der Waals surface area contributed by atoms with Crippen molar-refractivity contribution in [2.24, 2.45) is 5.10 Å². The highest BCUT2D eigenvalue weighted by Crippen LogP contribution is 2.22. The van der Waals surface area contributed by atoms with Gasteiger partial charge in [0.2, 0.25) is 0 Å². The lowest BCUT2D eigenvalue weighted by Crippen LogP contribution is -2.17. The molecule has 1 amide bonds. The lowest BCUT2D eigenvalue weighted by molar-refractivity contribution is 0.0954. The van der Waals surface area contributed by atoms with Crippen LogP contribution in [0.2, 0.25) is 0 Å². The molecular formula is C16H15FN2O3. The fourth-order valence-electron chi connectivity index (χ4n) is 1.76. The second-order valence-corrected chi connectivity index (χ2v) is 4.36. The zero-order valence-corrected chi connectivity index (χ0v) is 12.2. The Morgan fingerprint density at radius 2 is 1.82 bits per heavy atom. The van der Waals surface area contributed by atoms with Crippen molar-refractivity contribution < 1.29 is 18.7 Å². The average Bonchev–Trinajstić information content (AvgIpc) is 2.54. The predicted molar refractivity (Wildman–Crippen MR) is 81.0 cm³/mol. The number of ether oxygens (including phenoxy) is 2. The van der Waals surface area contributed by atoms with E-state index < -0.39 is 5.91 Å². The van der Waals surface area contributed by atoms with Crippen LogP contribution in [0.1, 0.15) is 15.9 Å². The summed E-state index contributed by atoms with van der Waals surface area (Å²) in [7, 11) is 3.00. The van der Waals surface area contributed by atoms with Gasteiger partial charge in [0.25, 0.3) is 5.91 Å². The molecule has 2 aromatic rings. The average molecular weight is 302 g/mol. The number of carbonyl (C=O) groups excluding carboxylic acids is 1. The Morgan fingerprint density at radius 1 is 1.14 bits per heavy atom. The van der Waals surface area contributed by atoms with E-state index in [0.717, 1.165) is 0 Å². The van der Waals surface area contributed by atoms with Gasteiger partial charge in [0, 0.05) is 11.6 Å². The largest absolute Gasteiger partial charge is 0.497 e. The first-order valence-corrected chi connectivity index (χ1v) is 6.44. The number of nitrogens with one attached hydrogen (secondary N) is 1. The summed E-state index contributed by atoms with van der Waals surface area (Å²) in [6, 6.07) is 10.7. The molecule has 5 nitrogen and oxygen atoms in total. The minimum absolute atomic E-state index is 0.340. The SMILES string of the molecule is COc1cc(OC)cc(C(=O)N/N=C/c2cccc(F)c2)c1. The molecule has 0 radical (unpaired) electrons. The highest BCUT2D eigenvalue weighted by atomic mass is 19.1. The van der Waals surface area contributed by atoms with Gasteiger partial charge in [-0.2, -0.15) is 5.10 Å². The van der Waals surface area contributed by atoms with Crippen molar-refractivity contribution in [3.05, 3.63) is 59.4 Å². The fourth-order valence-corrected chi connectivity index (χ4v) is 1.76. The van der Waals surface area contributed by atoms with E-state index in [1.54, 1.807) is 30.3 Å². The van der Waals surface area contributed by atoms with Gasteiger partial charge in [0.05, 0.1) is 20.4 Å². The first-order chi connectivity index (χ1) is 10.6. The minimum atomic E-state index is -0.426. The second-order valence-electron chi connectivity index (χ2n) is 4.36. The van der Waals surface area contributed by atoms with Crippen molar-refractivity contribution in [3.8, 4) is 11.5 Å². The Hall–Kier alpha value is -2.89. The van der Waals surface area contributed by atoms with E-state index in [9.17, 15) is 9.18 Å². The highest BCUT2D eigenvalue weighted by Gasteiger charge is 2.08. The molecule has 0 aliphatic rings. The number of benzene rings is 2. The third-order valence-electron chi connectivity index (χ3n) is 2.84. The lowest BCUT2D eigenvalue weighted by atomic mass is 10.2. The van der Waals surface area contributed by atoms with Crippen LogP contribution in [0.25, 0.3) is 0 Å². The van der Waals surface area contributed by atoms with Gasteiger partial charge >= 0.3 is 0 Å². The lowest BCUT2D eigenvalue weighted by Gasteiger charge is -2.07. The maximum Gasteiger partial charge on any atom is 0.271 e. The molecule has 0 unspecified atom stereocenters. The highest BCUT2D eigenvalue weighted by molar-refractivity contribution is 5.95. The van der Waals surface area contributed by atoms with Crippen LogP contribution in [0.4, 0.5) is 4.39 Å². The van der Waals surface area contributed by atoms with Gasteiger partial charge in [-0.1, -0.05) is 12.1 Å². The summed E-state index contributed by atoms with van der Waals surface area (Å²) in [5.74, 6) is 0.204. The van der Waals surface area contributed by atoms with Crippen molar-refractivity contribution in [3.63, 3.8) is 0 Å². The maximum atomic E-state index is 13.0. The molecular weight excluding hydrogens is 287 g/mol. The summed E-state index contributed by atoms with van der Waals surface area (Å²) in [5.41, 5.74) is 3.25. The van der Waals surface area contributed by atoms with Crippen molar-refractivity contribution in [2.45, 2.75) is 0 Å². The molecule has 2 rings (SSSR count). The summed E-state index contributed by atoms with van der Waals surface area (Å²) in [6.07, 6.45) is 1.36. The van der Waals surface area contributed by atoms with Crippen molar-refractivity contribution in [1.82, 2.24) is 5.43 Å². The fraction of sp³-hybridized carbons (Fsp3) is 0.125. The van der Waals surface area contributed by atoms with Crippen LogP contribution in [0.15, 0.2) is 47.6 Å². The van der Waals surface area contributed by atoms with Gasteiger partial charge < -0.3 is 9.47 Å². The van der Waals surface area contributed by atoms with Gasteiger partial charge in [-0.3, -0.25) is 4.79 Å². The molecule has 6 heteroatoms. The molecule has 0 saturated heterocycles. The summed E-state index contributed by atoms with van der Waals surface area (Å²) in [5, 5.41) is 3.80. The Kier molecular flexibility index (Phi) is 5.08. The maximum absolute atomic E-state index is 13.0.